The number of nitrogens with zero attached hydrogens (tertiary/aromatic N) is 2. The highest BCUT2D eigenvalue weighted by Gasteiger charge is 2.16. The fourth-order valence-electron chi connectivity index (χ4n) is 2.10. The average molecular weight is 269 g/mol. The van der Waals surface area contributed by atoms with Crippen molar-refractivity contribution in [2.45, 2.75) is 20.3 Å². The van der Waals surface area contributed by atoms with Crippen LogP contribution >= 0.6 is 0 Å². The van der Waals surface area contributed by atoms with Crippen molar-refractivity contribution in [3.63, 3.8) is 0 Å². The summed E-state index contributed by atoms with van der Waals surface area (Å²) in [6, 6.07) is 1.84. The summed E-state index contributed by atoms with van der Waals surface area (Å²) in [5.41, 5.74) is 8.09. The first-order valence-electron chi connectivity index (χ1n) is 5.85. The molecule has 1 heterocycles. The van der Waals surface area contributed by atoms with Crippen molar-refractivity contribution in [2.24, 2.45) is 5.73 Å². The highest BCUT2D eigenvalue weighted by Crippen LogP contribution is 2.21. The number of hydrogen-bond acceptors (Lipinski definition) is 2. The number of rotatable bonds is 3. The molecular formula is C13H14F3N3. The fraction of sp³-hybridized carbons (Fsp3) is 0.308. The van der Waals surface area contributed by atoms with Gasteiger partial charge in [-0.2, -0.15) is 5.10 Å². The molecule has 6 heteroatoms. The van der Waals surface area contributed by atoms with Crippen LogP contribution in [0.2, 0.25) is 0 Å². The second-order valence-electron chi connectivity index (χ2n) is 4.32. The van der Waals surface area contributed by atoms with E-state index in [4.69, 9.17) is 5.73 Å². The van der Waals surface area contributed by atoms with Crippen LogP contribution in [0.15, 0.2) is 12.1 Å². The van der Waals surface area contributed by atoms with Crippen molar-refractivity contribution in [3.8, 4) is 5.69 Å². The van der Waals surface area contributed by atoms with E-state index in [1.165, 1.54) is 4.68 Å². The quantitative estimate of drug-likeness (QED) is 0.870. The molecule has 0 bridgehead atoms. The minimum atomic E-state index is -1.48. The lowest BCUT2D eigenvalue weighted by atomic mass is 10.1. The predicted octanol–water partition coefficient (Wildman–Crippen LogP) is 2.41. The maximum Gasteiger partial charge on any atom is 0.194 e. The van der Waals surface area contributed by atoms with E-state index in [9.17, 15) is 13.2 Å². The standard InChI is InChI=1S/C13H14F3N3/c1-7-10(3-4-17)8(2)19(18-7)9-5-11(14)13(16)12(15)6-9/h5-6H,3-4,17H2,1-2H3. The Balaban J connectivity index is 2.57. The molecule has 1 aromatic carbocycles. The van der Waals surface area contributed by atoms with Crippen molar-refractivity contribution >= 4 is 0 Å². The molecule has 0 saturated heterocycles. The first kappa shape index (κ1) is 13.6. The lowest BCUT2D eigenvalue weighted by Crippen LogP contribution is -2.06. The van der Waals surface area contributed by atoms with Crippen LogP contribution in [0, 0.1) is 31.3 Å². The molecule has 0 fully saturated rings. The molecule has 0 aliphatic rings. The highest BCUT2D eigenvalue weighted by molar-refractivity contribution is 5.38. The largest absolute Gasteiger partial charge is 0.330 e. The van der Waals surface area contributed by atoms with Crippen molar-refractivity contribution in [2.75, 3.05) is 6.54 Å². The zero-order valence-electron chi connectivity index (χ0n) is 10.7. The minimum Gasteiger partial charge on any atom is -0.330 e. The van der Waals surface area contributed by atoms with Gasteiger partial charge in [-0.3, -0.25) is 0 Å². The molecule has 3 nitrogen and oxygen atoms in total. The molecule has 0 radical (unpaired) electrons. The van der Waals surface area contributed by atoms with Crippen molar-refractivity contribution in [1.82, 2.24) is 9.78 Å². The summed E-state index contributed by atoms with van der Waals surface area (Å²) in [6.07, 6.45) is 0.629. The van der Waals surface area contributed by atoms with Gasteiger partial charge in [0, 0.05) is 17.8 Å². The molecule has 2 N–H and O–H groups in total. The van der Waals surface area contributed by atoms with Crippen LogP contribution in [0.4, 0.5) is 13.2 Å². The molecule has 0 spiro atoms. The monoisotopic (exact) mass is 269 g/mol. The molecular weight excluding hydrogens is 255 g/mol. The number of halogens is 3. The third-order valence-electron chi connectivity index (χ3n) is 3.05. The van der Waals surface area contributed by atoms with Crippen LogP contribution in [0.25, 0.3) is 5.69 Å². The lowest BCUT2D eigenvalue weighted by molar-refractivity contribution is 0.446. The third-order valence-corrected chi connectivity index (χ3v) is 3.05. The fourth-order valence-corrected chi connectivity index (χ4v) is 2.10. The SMILES string of the molecule is Cc1nn(-c2cc(F)c(F)c(F)c2)c(C)c1CCN. The number of aryl methyl sites for hydroxylation is 1. The number of nitrogens with two attached hydrogens (primary N) is 1. The summed E-state index contributed by atoms with van der Waals surface area (Å²) in [4.78, 5) is 0. The van der Waals surface area contributed by atoms with Gasteiger partial charge in [0.1, 0.15) is 0 Å². The first-order valence-corrected chi connectivity index (χ1v) is 5.85. The van der Waals surface area contributed by atoms with Gasteiger partial charge in [-0.1, -0.05) is 0 Å². The maximum absolute atomic E-state index is 13.2. The second-order valence-corrected chi connectivity index (χ2v) is 4.32. The normalized spacial score (nSPS) is 11.1. The van der Waals surface area contributed by atoms with Gasteiger partial charge in [0.05, 0.1) is 11.4 Å². The molecule has 0 aliphatic heterocycles. The number of benzene rings is 1. The van der Waals surface area contributed by atoms with E-state index < -0.39 is 17.5 Å². The van der Waals surface area contributed by atoms with E-state index >= 15 is 0 Å². The Kier molecular flexibility index (Phi) is 3.61. The predicted molar refractivity (Wildman–Crippen MR) is 65.7 cm³/mol. The van der Waals surface area contributed by atoms with Crippen LogP contribution < -0.4 is 5.73 Å². The van der Waals surface area contributed by atoms with E-state index in [0.717, 1.165) is 29.1 Å². The van der Waals surface area contributed by atoms with Gasteiger partial charge in [0.15, 0.2) is 17.5 Å². The van der Waals surface area contributed by atoms with Crippen LogP contribution in [0.5, 0.6) is 0 Å². The highest BCUT2D eigenvalue weighted by atomic mass is 19.2. The van der Waals surface area contributed by atoms with E-state index in [1.54, 1.807) is 13.8 Å². The van der Waals surface area contributed by atoms with Crippen LogP contribution in [0.3, 0.4) is 0 Å². The van der Waals surface area contributed by atoms with Gasteiger partial charge < -0.3 is 5.73 Å². The Hall–Kier alpha value is -1.82. The summed E-state index contributed by atoms with van der Waals surface area (Å²) in [7, 11) is 0. The molecule has 0 atom stereocenters. The van der Waals surface area contributed by atoms with Crippen LogP contribution in [0.1, 0.15) is 17.0 Å². The van der Waals surface area contributed by atoms with Crippen LogP contribution in [-0.2, 0) is 6.42 Å². The minimum absolute atomic E-state index is 0.153. The van der Waals surface area contributed by atoms with Crippen molar-refractivity contribution in [1.29, 1.82) is 0 Å². The summed E-state index contributed by atoms with van der Waals surface area (Å²) < 4.78 is 40.8. The Morgan fingerprint density at radius 3 is 2.26 bits per heavy atom. The van der Waals surface area contributed by atoms with E-state index in [2.05, 4.69) is 5.10 Å². The van der Waals surface area contributed by atoms with Crippen molar-refractivity contribution in [3.05, 3.63) is 46.5 Å². The summed E-state index contributed by atoms with van der Waals surface area (Å²) in [6.45, 7) is 4.04. The lowest BCUT2D eigenvalue weighted by Gasteiger charge is -2.06. The molecule has 0 amide bonds. The third kappa shape index (κ3) is 2.35. The molecule has 0 aliphatic carbocycles. The molecule has 1 aromatic heterocycles. The molecule has 0 saturated carbocycles. The Labute approximate surface area is 108 Å². The van der Waals surface area contributed by atoms with E-state index in [-0.39, 0.29) is 5.69 Å². The topological polar surface area (TPSA) is 43.8 Å². The molecule has 19 heavy (non-hydrogen) atoms. The molecule has 2 aromatic rings. The average Bonchev–Trinajstić information content (AvgIpc) is 2.64. The molecule has 2 rings (SSSR count). The molecule has 102 valence electrons. The van der Waals surface area contributed by atoms with Gasteiger partial charge in [-0.25, -0.2) is 17.9 Å². The Bertz CT molecular complexity index is 597. The summed E-state index contributed by atoms with van der Waals surface area (Å²) in [5.74, 6) is -3.95. The summed E-state index contributed by atoms with van der Waals surface area (Å²) >= 11 is 0. The zero-order chi connectivity index (χ0) is 14.2. The number of aromatic nitrogens is 2. The summed E-state index contributed by atoms with van der Waals surface area (Å²) in [5, 5.41) is 4.22. The Morgan fingerprint density at radius 2 is 1.74 bits per heavy atom. The molecule has 0 unspecified atom stereocenters. The Morgan fingerprint density at radius 1 is 1.16 bits per heavy atom. The number of hydrogen-bond donors (Lipinski definition) is 1. The van der Waals surface area contributed by atoms with Crippen LogP contribution in [-0.4, -0.2) is 16.3 Å². The smallest absolute Gasteiger partial charge is 0.194 e. The second kappa shape index (κ2) is 5.05. The van der Waals surface area contributed by atoms with Gasteiger partial charge in [0.2, 0.25) is 0 Å². The maximum atomic E-state index is 13.2. The van der Waals surface area contributed by atoms with Gasteiger partial charge in [-0.15, -0.1) is 0 Å². The van der Waals surface area contributed by atoms with Gasteiger partial charge in [-0.05, 0) is 32.4 Å². The van der Waals surface area contributed by atoms with Crippen molar-refractivity contribution < 1.29 is 13.2 Å². The zero-order valence-corrected chi connectivity index (χ0v) is 10.7. The first-order chi connectivity index (χ1) is 8.95. The van der Waals surface area contributed by atoms with Gasteiger partial charge in [0.25, 0.3) is 0 Å². The van der Waals surface area contributed by atoms with E-state index in [1.807, 2.05) is 0 Å². The van der Waals surface area contributed by atoms with Gasteiger partial charge >= 0.3 is 0 Å². The van der Waals surface area contributed by atoms with E-state index in [0.29, 0.717) is 13.0 Å².